The van der Waals surface area contributed by atoms with Crippen molar-refractivity contribution in [3.05, 3.63) is 60.4 Å². The first-order valence-corrected chi connectivity index (χ1v) is 11.3. The standard InChI is InChI=1S/C18H14F5N5O3S.C2HF3O2/c1-24-32(29,30)11-3-5-15(31-18(21,22)23)14(7-11)28-17-8-16(25-9-26-17)27-10-2-4-12(19)13(20)6-10;3-2(4,5)1(6)7/h2-9,24H,1H3,(H2,25,26,27,28);(H,6,7). The Balaban J connectivity index is 0.000000673. The predicted octanol–water partition coefficient (Wildman–Crippen LogP) is 4.68. The number of ether oxygens (including phenoxy) is 1. The van der Waals surface area contributed by atoms with E-state index in [2.05, 4.69) is 25.3 Å². The summed E-state index contributed by atoms with van der Waals surface area (Å²) in [6.45, 7) is 0. The van der Waals surface area contributed by atoms with Gasteiger partial charge in [-0.05, 0) is 37.4 Å². The van der Waals surface area contributed by atoms with Crippen LogP contribution in [0.2, 0.25) is 0 Å². The van der Waals surface area contributed by atoms with Crippen molar-refractivity contribution in [1.29, 1.82) is 0 Å². The summed E-state index contributed by atoms with van der Waals surface area (Å²) in [7, 11) is -2.83. The third-order valence-corrected chi connectivity index (χ3v) is 5.53. The molecule has 4 N–H and O–H groups in total. The number of nitrogens with one attached hydrogen (secondary N) is 3. The molecule has 1 aromatic heterocycles. The van der Waals surface area contributed by atoms with Gasteiger partial charge in [0.1, 0.15) is 18.0 Å². The second-order valence-corrected chi connectivity index (χ2v) is 8.77. The average Bonchev–Trinajstić information content (AvgIpc) is 2.81. The summed E-state index contributed by atoms with van der Waals surface area (Å²) in [5.41, 5.74) is -0.201. The van der Waals surface area contributed by atoms with E-state index in [0.717, 1.165) is 43.7 Å². The SMILES string of the molecule is CNS(=O)(=O)c1ccc(OC(F)(F)F)c(Nc2cc(Nc3ccc(F)c(F)c3)ncn2)c1.O=C(O)C(F)(F)F. The number of carboxylic acids is 1. The molecule has 0 aliphatic rings. The van der Waals surface area contributed by atoms with Crippen molar-refractivity contribution in [3.63, 3.8) is 0 Å². The molecule has 10 nitrogen and oxygen atoms in total. The Hall–Kier alpha value is -4.26. The third kappa shape index (κ3) is 9.52. The molecule has 0 fully saturated rings. The zero-order valence-corrected chi connectivity index (χ0v) is 19.8. The minimum atomic E-state index is -5.08. The normalized spacial score (nSPS) is 11.7. The maximum absolute atomic E-state index is 13.4. The first-order valence-electron chi connectivity index (χ1n) is 9.86. The lowest BCUT2D eigenvalue weighted by molar-refractivity contribution is -0.274. The lowest BCUT2D eigenvalue weighted by atomic mass is 10.3. The van der Waals surface area contributed by atoms with Crippen LogP contribution in [0, 0.1) is 11.6 Å². The molecule has 2 aromatic carbocycles. The van der Waals surface area contributed by atoms with Crippen LogP contribution in [0.3, 0.4) is 0 Å². The van der Waals surface area contributed by atoms with Crippen molar-refractivity contribution in [3.8, 4) is 5.75 Å². The van der Waals surface area contributed by atoms with E-state index in [1.807, 2.05) is 4.72 Å². The number of benzene rings is 2. The summed E-state index contributed by atoms with van der Waals surface area (Å²) in [5.74, 6) is -5.57. The second kappa shape index (κ2) is 12.1. The van der Waals surface area contributed by atoms with E-state index in [1.54, 1.807) is 0 Å². The number of rotatable bonds is 7. The molecule has 0 aliphatic heterocycles. The molecule has 0 saturated heterocycles. The summed E-state index contributed by atoms with van der Waals surface area (Å²) in [4.78, 5) is 16.3. The molecule has 3 aromatic rings. The summed E-state index contributed by atoms with van der Waals surface area (Å²) in [5, 5.41) is 12.3. The van der Waals surface area contributed by atoms with Crippen molar-refractivity contribution < 1.29 is 58.2 Å². The number of halogens is 8. The number of sulfonamides is 1. The number of aliphatic carboxylic acids is 1. The van der Waals surface area contributed by atoms with Crippen LogP contribution in [0.1, 0.15) is 0 Å². The minimum absolute atomic E-state index is 0.0453. The number of carboxylic acid groups (broad SMARTS) is 1. The minimum Gasteiger partial charge on any atom is -0.475 e. The lowest BCUT2D eigenvalue weighted by Gasteiger charge is -2.16. The van der Waals surface area contributed by atoms with Gasteiger partial charge in [-0.15, -0.1) is 13.2 Å². The van der Waals surface area contributed by atoms with Gasteiger partial charge in [-0.3, -0.25) is 0 Å². The van der Waals surface area contributed by atoms with Gasteiger partial charge in [0.25, 0.3) is 0 Å². The molecule has 0 atom stereocenters. The Morgan fingerprint density at radius 1 is 0.897 bits per heavy atom. The Morgan fingerprint density at radius 2 is 1.49 bits per heavy atom. The molecular formula is C20H15F8N5O5S. The van der Waals surface area contributed by atoms with E-state index >= 15 is 0 Å². The van der Waals surface area contributed by atoms with Gasteiger partial charge in [0.2, 0.25) is 10.0 Å². The molecule has 0 aliphatic carbocycles. The van der Waals surface area contributed by atoms with Crippen LogP contribution in [0.25, 0.3) is 0 Å². The molecule has 0 spiro atoms. The first-order chi connectivity index (χ1) is 17.9. The van der Waals surface area contributed by atoms with Gasteiger partial charge in [-0.25, -0.2) is 36.7 Å². The summed E-state index contributed by atoms with van der Waals surface area (Å²) in [6, 6.07) is 6.97. The number of nitrogens with zero attached hydrogens (tertiary/aromatic N) is 2. The van der Waals surface area contributed by atoms with E-state index in [9.17, 15) is 43.5 Å². The Kier molecular flexibility index (Phi) is 9.58. The fourth-order valence-electron chi connectivity index (χ4n) is 2.46. The van der Waals surface area contributed by atoms with Crippen LogP contribution in [0.5, 0.6) is 5.75 Å². The van der Waals surface area contributed by atoms with Crippen molar-refractivity contribution in [2.75, 3.05) is 17.7 Å². The van der Waals surface area contributed by atoms with Crippen LogP contribution in [-0.4, -0.2) is 49.0 Å². The molecule has 0 amide bonds. The number of hydrogen-bond donors (Lipinski definition) is 4. The van der Waals surface area contributed by atoms with Gasteiger partial charge in [0.15, 0.2) is 17.4 Å². The fraction of sp³-hybridized carbons (Fsp3) is 0.150. The van der Waals surface area contributed by atoms with Gasteiger partial charge >= 0.3 is 18.5 Å². The highest BCUT2D eigenvalue weighted by Crippen LogP contribution is 2.34. The fourth-order valence-corrected chi connectivity index (χ4v) is 3.22. The highest BCUT2D eigenvalue weighted by Gasteiger charge is 2.38. The summed E-state index contributed by atoms with van der Waals surface area (Å²) >= 11 is 0. The molecule has 39 heavy (non-hydrogen) atoms. The van der Waals surface area contributed by atoms with Crippen LogP contribution >= 0.6 is 0 Å². The zero-order chi connectivity index (χ0) is 29.6. The number of alkyl halides is 6. The molecule has 1 heterocycles. The number of aromatic nitrogens is 2. The monoisotopic (exact) mass is 589 g/mol. The van der Waals surface area contributed by atoms with Gasteiger partial charge in [0.05, 0.1) is 10.6 Å². The van der Waals surface area contributed by atoms with Crippen LogP contribution in [-0.2, 0) is 14.8 Å². The molecular weight excluding hydrogens is 574 g/mol. The second-order valence-electron chi connectivity index (χ2n) is 6.88. The Morgan fingerprint density at radius 3 is 2.00 bits per heavy atom. The molecule has 212 valence electrons. The van der Waals surface area contributed by atoms with Crippen LogP contribution in [0.15, 0.2) is 53.7 Å². The van der Waals surface area contributed by atoms with E-state index in [4.69, 9.17) is 9.90 Å². The highest BCUT2D eigenvalue weighted by atomic mass is 32.2. The number of hydrogen-bond acceptors (Lipinski definition) is 8. The summed E-state index contributed by atoms with van der Waals surface area (Å²) in [6.07, 6.45) is -9.08. The van der Waals surface area contributed by atoms with Crippen molar-refractivity contribution in [2.24, 2.45) is 0 Å². The number of anilines is 4. The lowest BCUT2D eigenvalue weighted by Crippen LogP contribution is -2.21. The maximum atomic E-state index is 13.4. The predicted molar refractivity (Wildman–Crippen MR) is 118 cm³/mol. The summed E-state index contributed by atoms with van der Waals surface area (Å²) < 4.78 is 126. The Bertz CT molecular complexity index is 1430. The van der Waals surface area contributed by atoms with E-state index in [-0.39, 0.29) is 27.9 Å². The molecule has 0 bridgehead atoms. The van der Waals surface area contributed by atoms with Crippen LogP contribution < -0.4 is 20.1 Å². The average molecular weight is 589 g/mol. The smallest absolute Gasteiger partial charge is 0.475 e. The first kappa shape index (κ1) is 31.0. The van der Waals surface area contributed by atoms with Gasteiger partial charge in [0, 0.05) is 17.8 Å². The topological polar surface area (TPSA) is 143 Å². The molecule has 19 heteroatoms. The van der Waals surface area contributed by atoms with Gasteiger partial charge < -0.3 is 20.5 Å². The quantitative estimate of drug-likeness (QED) is 0.289. The zero-order valence-electron chi connectivity index (χ0n) is 19.0. The van der Waals surface area contributed by atoms with Crippen molar-refractivity contribution in [1.82, 2.24) is 14.7 Å². The highest BCUT2D eigenvalue weighted by molar-refractivity contribution is 7.89. The van der Waals surface area contributed by atoms with E-state index in [0.29, 0.717) is 0 Å². The molecule has 0 saturated carbocycles. The van der Waals surface area contributed by atoms with E-state index < -0.39 is 45.9 Å². The Labute approximate surface area is 213 Å². The van der Waals surface area contributed by atoms with Crippen LogP contribution in [0.4, 0.5) is 58.1 Å². The molecule has 0 unspecified atom stereocenters. The van der Waals surface area contributed by atoms with Crippen molar-refractivity contribution in [2.45, 2.75) is 17.4 Å². The van der Waals surface area contributed by atoms with Gasteiger partial charge in [-0.1, -0.05) is 0 Å². The van der Waals surface area contributed by atoms with Gasteiger partial charge in [-0.2, -0.15) is 13.2 Å². The number of carbonyl (C=O) groups is 1. The third-order valence-electron chi connectivity index (χ3n) is 4.12. The largest absolute Gasteiger partial charge is 0.573 e. The van der Waals surface area contributed by atoms with Crippen molar-refractivity contribution >= 4 is 39.0 Å². The molecule has 0 radical (unpaired) electrons. The maximum Gasteiger partial charge on any atom is 0.573 e. The van der Waals surface area contributed by atoms with E-state index in [1.165, 1.54) is 12.1 Å². The molecule has 3 rings (SSSR count).